The Bertz CT molecular complexity index is 1080. The molecule has 2 aromatic heterocycles. The van der Waals surface area contributed by atoms with Crippen molar-refractivity contribution in [2.75, 3.05) is 12.9 Å². The molecule has 0 unspecified atom stereocenters. The van der Waals surface area contributed by atoms with Crippen LogP contribution in [0.4, 0.5) is 0 Å². The Morgan fingerprint density at radius 3 is 2.52 bits per heavy atom. The van der Waals surface area contributed by atoms with E-state index in [2.05, 4.69) is 10.5 Å². The maximum absolute atomic E-state index is 12.9. The van der Waals surface area contributed by atoms with Gasteiger partial charge < -0.3 is 9.14 Å². The van der Waals surface area contributed by atoms with E-state index in [-0.39, 0.29) is 11.1 Å². The van der Waals surface area contributed by atoms with E-state index in [1.54, 1.807) is 24.8 Å². The Morgan fingerprint density at radius 2 is 1.86 bits per heavy atom. The zero-order valence-corrected chi connectivity index (χ0v) is 18.5. The molecule has 150 valence electrons. The molecule has 0 aliphatic rings. The van der Waals surface area contributed by atoms with Crippen molar-refractivity contribution in [3.8, 4) is 0 Å². The standard InChI is InChI=1S/C23H23NO3S2/c1-5-27-19(25)12-11-18-21(28-4)22(20-16(3)13-15(2)14-24(18)20)29-23(26)17-9-7-6-8-10-17/h6-14H,5H2,1-4H3/b12-11+. The van der Waals surface area contributed by atoms with Crippen molar-refractivity contribution in [3.63, 3.8) is 0 Å². The van der Waals surface area contributed by atoms with E-state index in [1.165, 1.54) is 17.8 Å². The quantitative estimate of drug-likeness (QED) is 0.284. The van der Waals surface area contributed by atoms with Crippen LogP contribution >= 0.6 is 23.5 Å². The average Bonchev–Trinajstić information content (AvgIpc) is 2.99. The molecule has 3 aromatic rings. The average molecular weight is 426 g/mol. The van der Waals surface area contributed by atoms with Crippen molar-refractivity contribution in [1.29, 1.82) is 0 Å². The van der Waals surface area contributed by atoms with Crippen LogP contribution in [0.1, 0.15) is 34.1 Å². The number of carbonyl (C=O) groups excluding carboxylic acids is 2. The van der Waals surface area contributed by atoms with Crippen LogP contribution in [0.15, 0.2) is 58.5 Å². The Kier molecular flexibility index (Phi) is 6.87. The van der Waals surface area contributed by atoms with Crippen molar-refractivity contribution < 1.29 is 14.3 Å². The monoisotopic (exact) mass is 425 g/mol. The van der Waals surface area contributed by atoms with E-state index in [4.69, 9.17) is 4.74 Å². The maximum Gasteiger partial charge on any atom is 0.330 e. The predicted molar refractivity (Wildman–Crippen MR) is 121 cm³/mol. The molecule has 0 saturated carbocycles. The van der Waals surface area contributed by atoms with Gasteiger partial charge in [0.25, 0.3) is 0 Å². The predicted octanol–water partition coefficient (Wildman–Crippen LogP) is 5.79. The van der Waals surface area contributed by atoms with Gasteiger partial charge in [-0.05, 0) is 56.0 Å². The van der Waals surface area contributed by atoms with Gasteiger partial charge >= 0.3 is 5.97 Å². The lowest BCUT2D eigenvalue weighted by Gasteiger charge is -2.06. The van der Waals surface area contributed by atoms with E-state index >= 15 is 0 Å². The molecule has 0 N–H and O–H groups in total. The summed E-state index contributed by atoms with van der Waals surface area (Å²) >= 11 is 2.80. The van der Waals surface area contributed by atoms with Gasteiger partial charge in [-0.15, -0.1) is 11.8 Å². The summed E-state index contributed by atoms with van der Waals surface area (Å²) in [7, 11) is 0. The highest BCUT2D eigenvalue weighted by Crippen LogP contribution is 2.41. The van der Waals surface area contributed by atoms with Crippen LogP contribution in [0, 0.1) is 13.8 Å². The molecule has 2 heterocycles. The summed E-state index contributed by atoms with van der Waals surface area (Å²) in [5.74, 6) is -0.381. The Morgan fingerprint density at radius 1 is 1.14 bits per heavy atom. The lowest BCUT2D eigenvalue weighted by atomic mass is 10.2. The second kappa shape index (κ2) is 9.37. The third-order valence-corrected chi connectivity index (χ3v) is 6.35. The fourth-order valence-corrected chi connectivity index (χ4v) is 5.25. The number of rotatable bonds is 6. The lowest BCUT2D eigenvalue weighted by Crippen LogP contribution is -1.99. The SMILES string of the molecule is CCOC(=O)/C=C/c1c(SC)c(SC(=O)c2ccccc2)c2c(C)cc(C)cn12. The van der Waals surface area contributed by atoms with Crippen LogP contribution in [0.25, 0.3) is 11.6 Å². The molecule has 4 nitrogen and oxygen atoms in total. The van der Waals surface area contributed by atoms with E-state index < -0.39 is 0 Å². The number of hydrogen-bond donors (Lipinski definition) is 0. The normalized spacial score (nSPS) is 11.3. The summed E-state index contributed by atoms with van der Waals surface area (Å²) in [6.07, 6.45) is 7.22. The van der Waals surface area contributed by atoms with Gasteiger partial charge in [0.2, 0.25) is 5.12 Å². The molecule has 0 fully saturated rings. The molecule has 0 bridgehead atoms. The molecule has 0 saturated heterocycles. The first-order valence-electron chi connectivity index (χ1n) is 9.27. The summed E-state index contributed by atoms with van der Waals surface area (Å²) in [4.78, 5) is 26.7. The fraction of sp³-hybridized carbons (Fsp3) is 0.217. The van der Waals surface area contributed by atoms with E-state index in [0.717, 1.165) is 32.1 Å². The van der Waals surface area contributed by atoms with Crippen molar-refractivity contribution >= 4 is 46.2 Å². The van der Waals surface area contributed by atoms with Gasteiger partial charge in [-0.1, -0.05) is 36.4 Å². The molecule has 0 amide bonds. The Balaban J connectivity index is 2.16. The summed E-state index contributed by atoms with van der Waals surface area (Å²) in [5.41, 5.74) is 4.71. The van der Waals surface area contributed by atoms with Gasteiger partial charge in [0, 0.05) is 22.7 Å². The summed E-state index contributed by atoms with van der Waals surface area (Å²) in [6.45, 7) is 6.19. The lowest BCUT2D eigenvalue weighted by molar-refractivity contribution is -0.137. The van der Waals surface area contributed by atoms with Crippen molar-refractivity contribution in [2.45, 2.75) is 30.6 Å². The number of ether oxygens (including phenoxy) is 1. The van der Waals surface area contributed by atoms with Crippen molar-refractivity contribution in [3.05, 3.63) is 71.1 Å². The first-order valence-corrected chi connectivity index (χ1v) is 11.3. The highest BCUT2D eigenvalue weighted by molar-refractivity contribution is 8.14. The molecule has 0 spiro atoms. The minimum Gasteiger partial charge on any atom is -0.463 e. The van der Waals surface area contributed by atoms with Gasteiger partial charge in [-0.3, -0.25) is 4.79 Å². The van der Waals surface area contributed by atoms with Crippen LogP contribution < -0.4 is 0 Å². The number of hydrogen-bond acceptors (Lipinski definition) is 5. The van der Waals surface area contributed by atoms with Crippen LogP contribution in [0.2, 0.25) is 0 Å². The molecule has 0 radical (unpaired) electrons. The van der Waals surface area contributed by atoms with Gasteiger partial charge in [-0.25, -0.2) is 4.79 Å². The third kappa shape index (κ3) is 4.60. The highest BCUT2D eigenvalue weighted by Gasteiger charge is 2.22. The number of pyridine rings is 1. The zero-order chi connectivity index (χ0) is 21.0. The number of thioether (sulfide) groups is 2. The second-order valence-corrected chi connectivity index (χ2v) is 8.31. The maximum atomic E-state index is 12.9. The summed E-state index contributed by atoms with van der Waals surface area (Å²) in [5, 5.41) is -0.00528. The third-order valence-electron chi connectivity index (χ3n) is 4.38. The fourth-order valence-electron chi connectivity index (χ4n) is 3.23. The zero-order valence-electron chi connectivity index (χ0n) is 16.9. The highest BCUT2D eigenvalue weighted by atomic mass is 32.2. The van der Waals surface area contributed by atoms with E-state index in [1.807, 2.05) is 56.6 Å². The number of fused-ring (bicyclic) bond motifs is 1. The first-order chi connectivity index (χ1) is 14.0. The smallest absolute Gasteiger partial charge is 0.330 e. The van der Waals surface area contributed by atoms with Crippen LogP contribution in [0.5, 0.6) is 0 Å². The summed E-state index contributed by atoms with van der Waals surface area (Å²) in [6, 6.07) is 11.4. The van der Waals surface area contributed by atoms with E-state index in [0.29, 0.717) is 12.2 Å². The van der Waals surface area contributed by atoms with Gasteiger partial charge in [0.1, 0.15) is 0 Å². The molecule has 1 aromatic carbocycles. The minimum absolute atomic E-state index is 0.00528. The van der Waals surface area contributed by atoms with Crippen LogP contribution in [-0.4, -0.2) is 28.3 Å². The van der Waals surface area contributed by atoms with Crippen molar-refractivity contribution in [1.82, 2.24) is 4.40 Å². The number of benzene rings is 1. The topological polar surface area (TPSA) is 47.8 Å². The second-order valence-electron chi connectivity index (χ2n) is 6.51. The van der Waals surface area contributed by atoms with Gasteiger partial charge in [0.15, 0.2) is 0 Å². The molecular formula is C23H23NO3S2. The van der Waals surface area contributed by atoms with Gasteiger partial charge in [-0.2, -0.15) is 0 Å². The summed E-state index contributed by atoms with van der Waals surface area (Å²) < 4.78 is 7.09. The largest absolute Gasteiger partial charge is 0.463 e. The van der Waals surface area contributed by atoms with Crippen LogP contribution in [0.3, 0.4) is 0 Å². The van der Waals surface area contributed by atoms with Gasteiger partial charge in [0.05, 0.1) is 22.7 Å². The molecule has 3 rings (SSSR count). The molecule has 29 heavy (non-hydrogen) atoms. The number of aryl methyl sites for hydroxylation is 2. The van der Waals surface area contributed by atoms with Crippen molar-refractivity contribution in [2.24, 2.45) is 0 Å². The molecular weight excluding hydrogens is 402 g/mol. The van der Waals surface area contributed by atoms with E-state index in [9.17, 15) is 9.59 Å². The molecule has 6 heteroatoms. The minimum atomic E-state index is -0.381. The van der Waals surface area contributed by atoms with Crippen LogP contribution in [-0.2, 0) is 9.53 Å². The Labute approximate surface area is 179 Å². The molecule has 0 atom stereocenters. The molecule has 0 aliphatic heterocycles. The number of carbonyl (C=O) groups is 2. The number of nitrogens with zero attached hydrogens (tertiary/aromatic N) is 1. The first kappa shape index (κ1) is 21.3. The number of aromatic nitrogens is 1. The number of esters is 1. The Hall–Kier alpha value is -2.44. The molecule has 0 aliphatic carbocycles.